The van der Waals surface area contributed by atoms with Crippen LogP contribution in [0, 0.1) is 0 Å². The molecular formula is C20H23N3O2. The summed E-state index contributed by atoms with van der Waals surface area (Å²) < 4.78 is 12.9. The topological polar surface area (TPSA) is 48.3 Å². The molecule has 0 spiro atoms. The summed E-state index contributed by atoms with van der Waals surface area (Å²) >= 11 is 0. The van der Waals surface area contributed by atoms with Gasteiger partial charge in [0.2, 0.25) is 0 Å². The molecule has 0 radical (unpaired) electrons. The highest BCUT2D eigenvalue weighted by Gasteiger charge is 2.11. The second kappa shape index (κ2) is 7.85. The molecule has 0 bridgehead atoms. The van der Waals surface area contributed by atoms with Gasteiger partial charge in [0.15, 0.2) is 0 Å². The average Bonchev–Trinajstić information content (AvgIpc) is 2.99. The number of rotatable bonds is 8. The number of benzene rings is 2. The second-order valence-corrected chi connectivity index (χ2v) is 5.70. The number of nitrogens with one attached hydrogen (secondary N) is 1. The Hall–Kier alpha value is -2.79. The van der Waals surface area contributed by atoms with E-state index in [9.17, 15) is 0 Å². The van der Waals surface area contributed by atoms with Crippen LogP contribution in [0.5, 0.6) is 11.5 Å². The Morgan fingerprint density at radius 3 is 2.72 bits per heavy atom. The van der Waals surface area contributed by atoms with E-state index in [0.29, 0.717) is 19.6 Å². The van der Waals surface area contributed by atoms with Crippen LogP contribution < -0.4 is 14.8 Å². The van der Waals surface area contributed by atoms with Gasteiger partial charge in [-0.05, 0) is 18.2 Å². The minimum atomic E-state index is 0.656. The van der Waals surface area contributed by atoms with Gasteiger partial charge in [0.25, 0.3) is 0 Å². The van der Waals surface area contributed by atoms with E-state index in [2.05, 4.69) is 22.5 Å². The number of ether oxygens (including phenoxy) is 2. The van der Waals surface area contributed by atoms with Gasteiger partial charge in [-0.2, -0.15) is 0 Å². The number of allylic oxidation sites excluding steroid dienone is 1. The van der Waals surface area contributed by atoms with Crippen LogP contribution in [0.25, 0.3) is 11.0 Å². The van der Waals surface area contributed by atoms with Crippen LogP contribution >= 0.6 is 0 Å². The third kappa shape index (κ3) is 3.67. The maximum atomic E-state index is 5.40. The van der Waals surface area contributed by atoms with Crippen molar-refractivity contribution in [3.63, 3.8) is 0 Å². The van der Waals surface area contributed by atoms with Gasteiger partial charge in [0.1, 0.15) is 17.3 Å². The molecule has 0 aliphatic carbocycles. The molecule has 2 aromatic carbocycles. The van der Waals surface area contributed by atoms with E-state index in [-0.39, 0.29) is 0 Å². The van der Waals surface area contributed by atoms with E-state index in [0.717, 1.165) is 33.9 Å². The van der Waals surface area contributed by atoms with E-state index in [1.54, 1.807) is 14.2 Å². The number of methoxy groups -OCH3 is 2. The number of imidazole rings is 1. The SMILES string of the molecule is C=CCn1c(CNCc2ccccc2OC)nc2cc(OC)ccc21. The highest BCUT2D eigenvalue weighted by atomic mass is 16.5. The molecule has 1 heterocycles. The molecule has 0 atom stereocenters. The summed E-state index contributed by atoms with van der Waals surface area (Å²) in [4.78, 5) is 4.76. The van der Waals surface area contributed by atoms with Crippen molar-refractivity contribution in [2.45, 2.75) is 19.6 Å². The van der Waals surface area contributed by atoms with Crippen LogP contribution in [0.2, 0.25) is 0 Å². The third-order valence-corrected chi connectivity index (χ3v) is 4.14. The van der Waals surface area contributed by atoms with Crippen molar-refractivity contribution in [3.8, 4) is 11.5 Å². The molecule has 0 amide bonds. The van der Waals surface area contributed by atoms with E-state index in [4.69, 9.17) is 14.5 Å². The van der Waals surface area contributed by atoms with Gasteiger partial charge in [-0.25, -0.2) is 4.98 Å². The largest absolute Gasteiger partial charge is 0.497 e. The molecule has 0 unspecified atom stereocenters. The summed E-state index contributed by atoms with van der Waals surface area (Å²) in [6, 6.07) is 14.0. The first-order valence-electron chi connectivity index (χ1n) is 8.23. The van der Waals surface area contributed by atoms with Crippen LogP contribution in [-0.4, -0.2) is 23.8 Å². The van der Waals surface area contributed by atoms with Crippen LogP contribution in [0.3, 0.4) is 0 Å². The summed E-state index contributed by atoms with van der Waals surface area (Å²) in [5.41, 5.74) is 3.13. The number of para-hydroxylation sites is 1. The monoisotopic (exact) mass is 337 g/mol. The molecule has 0 fully saturated rings. The summed E-state index contributed by atoms with van der Waals surface area (Å²) in [6.45, 7) is 5.94. The fraction of sp³-hybridized carbons (Fsp3) is 0.250. The fourth-order valence-corrected chi connectivity index (χ4v) is 2.91. The predicted octanol–water partition coefficient (Wildman–Crippen LogP) is 3.53. The standard InChI is InChI=1S/C20H23N3O2/c1-4-11-23-18-10-9-16(24-2)12-17(18)22-20(23)14-21-13-15-7-5-6-8-19(15)25-3/h4-10,12,21H,1,11,13-14H2,2-3H3. The van der Waals surface area contributed by atoms with Gasteiger partial charge < -0.3 is 19.4 Å². The molecule has 130 valence electrons. The highest BCUT2D eigenvalue weighted by molar-refractivity contribution is 5.77. The number of fused-ring (bicyclic) bond motifs is 1. The zero-order valence-electron chi connectivity index (χ0n) is 14.7. The minimum Gasteiger partial charge on any atom is -0.497 e. The van der Waals surface area contributed by atoms with E-state index < -0.39 is 0 Å². The maximum absolute atomic E-state index is 5.40. The Bertz CT molecular complexity index is 871. The molecule has 0 saturated heterocycles. The Balaban J connectivity index is 1.80. The lowest BCUT2D eigenvalue weighted by Gasteiger charge is -2.10. The lowest BCUT2D eigenvalue weighted by atomic mass is 10.2. The van der Waals surface area contributed by atoms with Gasteiger partial charge >= 0.3 is 0 Å². The summed E-state index contributed by atoms with van der Waals surface area (Å²) in [6.07, 6.45) is 1.88. The Morgan fingerprint density at radius 2 is 1.96 bits per heavy atom. The first-order valence-corrected chi connectivity index (χ1v) is 8.23. The third-order valence-electron chi connectivity index (χ3n) is 4.14. The summed E-state index contributed by atoms with van der Waals surface area (Å²) in [5, 5.41) is 3.45. The van der Waals surface area contributed by atoms with Gasteiger partial charge in [0, 0.05) is 24.7 Å². The lowest BCUT2D eigenvalue weighted by molar-refractivity contribution is 0.407. The zero-order chi connectivity index (χ0) is 17.6. The van der Waals surface area contributed by atoms with Gasteiger partial charge in [-0.3, -0.25) is 0 Å². The smallest absolute Gasteiger partial charge is 0.124 e. The first kappa shape index (κ1) is 17.0. The van der Waals surface area contributed by atoms with Crippen LogP contribution in [0.1, 0.15) is 11.4 Å². The second-order valence-electron chi connectivity index (χ2n) is 5.70. The van der Waals surface area contributed by atoms with Crippen molar-refractivity contribution in [1.29, 1.82) is 0 Å². The van der Waals surface area contributed by atoms with E-state index in [1.165, 1.54) is 0 Å². The van der Waals surface area contributed by atoms with Crippen LogP contribution in [0.15, 0.2) is 55.1 Å². The van der Waals surface area contributed by atoms with Gasteiger partial charge in [-0.15, -0.1) is 6.58 Å². The minimum absolute atomic E-state index is 0.656. The molecule has 3 aromatic rings. The predicted molar refractivity (Wildman–Crippen MR) is 100 cm³/mol. The molecule has 1 aromatic heterocycles. The molecule has 0 aliphatic rings. The van der Waals surface area contributed by atoms with E-state index >= 15 is 0 Å². The van der Waals surface area contributed by atoms with Crippen molar-refractivity contribution in [1.82, 2.24) is 14.9 Å². The Morgan fingerprint density at radius 1 is 1.12 bits per heavy atom. The Kier molecular flexibility index (Phi) is 5.36. The summed E-state index contributed by atoms with van der Waals surface area (Å²) in [7, 11) is 3.35. The van der Waals surface area contributed by atoms with Gasteiger partial charge in [-0.1, -0.05) is 24.3 Å². The molecule has 1 N–H and O–H groups in total. The normalized spacial score (nSPS) is 10.8. The zero-order valence-corrected chi connectivity index (χ0v) is 14.7. The van der Waals surface area contributed by atoms with Crippen molar-refractivity contribution in [2.24, 2.45) is 0 Å². The van der Waals surface area contributed by atoms with Gasteiger partial charge in [0.05, 0.1) is 31.8 Å². The lowest BCUT2D eigenvalue weighted by Crippen LogP contribution is -2.17. The van der Waals surface area contributed by atoms with E-state index in [1.807, 2.05) is 42.5 Å². The molecule has 5 nitrogen and oxygen atoms in total. The quantitative estimate of drug-likeness (QED) is 0.639. The average molecular weight is 337 g/mol. The van der Waals surface area contributed by atoms with Crippen LogP contribution in [0.4, 0.5) is 0 Å². The number of nitrogens with zero attached hydrogens (tertiary/aromatic N) is 2. The molecule has 0 saturated carbocycles. The van der Waals surface area contributed by atoms with Crippen molar-refractivity contribution < 1.29 is 9.47 Å². The molecular weight excluding hydrogens is 314 g/mol. The highest BCUT2D eigenvalue weighted by Crippen LogP contribution is 2.22. The number of hydrogen-bond donors (Lipinski definition) is 1. The molecule has 25 heavy (non-hydrogen) atoms. The Labute approximate surface area is 147 Å². The first-order chi connectivity index (χ1) is 12.3. The maximum Gasteiger partial charge on any atom is 0.124 e. The fourth-order valence-electron chi connectivity index (χ4n) is 2.91. The van der Waals surface area contributed by atoms with Crippen molar-refractivity contribution >= 4 is 11.0 Å². The molecule has 0 aliphatic heterocycles. The van der Waals surface area contributed by atoms with Crippen LogP contribution in [-0.2, 0) is 19.6 Å². The van der Waals surface area contributed by atoms with Crippen molar-refractivity contribution in [2.75, 3.05) is 14.2 Å². The molecule has 5 heteroatoms. The number of aromatic nitrogens is 2. The molecule has 3 rings (SSSR count). The van der Waals surface area contributed by atoms with Crippen molar-refractivity contribution in [3.05, 3.63) is 66.5 Å². The summed E-state index contributed by atoms with van der Waals surface area (Å²) in [5.74, 6) is 2.67. The number of hydrogen-bond acceptors (Lipinski definition) is 4.